The highest BCUT2D eigenvalue weighted by atomic mass is 16.1. The summed E-state index contributed by atoms with van der Waals surface area (Å²) >= 11 is 0. The average Bonchev–Trinajstić information content (AvgIpc) is 3.22. The standard InChI is InChI=1S/C24H28N4O/c1-16(2)23(24-25-19-10-6-8-12-21(19)28(24)4)26-22(29)14-13-17-15-27(3)20-11-7-5-9-18(17)20/h5-12,15-16,23H,13-14H2,1-4H3,(H,26,29)/t23-/m1/s1. The molecule has 0 saturated carbocycles. The first-order chi connectivity index (χ1) is 14.0. The Morgan fingerprint density at radius 3 is 2.45 bits per heavy atom. The molecule has 0 aliphatic rings. The Hall–Kier alpha value is -3.08. The zero-order valence-electron chi connectivity index (χ0n) is 17.5. The Balaban J connectivity index is 1.51. The molecule has 0 radical (unpaired) electrons. The van der Waals surface area contributed by atoms with E-state index in [1.54, 1.807) is 0 Å². The van der Waals surface area contributed by atoms with Crippen molar-refractivity contribution in [2.24, 2.45) is 20.0 Å². The number of amides is 1. The van der Waals surface area contributed by atoms with Crippen LogP contribution in [-0.2, 0) is 25.3 Å². The lowest BCUT2D eigenvalue weighted by Gasteiger charge is -2.22. The van der Waals surface area contributed by atoms with Crippen molar-refractivity contribution < 1.29 is 4.79 Å². The molecule has 2 aromatic carbocycles. The maximum absolute atomic E-state index is 12.8. The number of nitrogens with one attached hydrogen (secondary N) is 1. The third kappa shape index (κ3) is 3.65. The summed E-state index contributed by atoms with van der Waals surface area (Å²) in [4.78, 5) is 17.6. The molecule has 29 heavy (non-hydrogen) atoms. The van der Waals surface area contributed by atoms with E-state index in [2.05, 4.69) is 52.7 Å². The molecule has 4 rings (SSSR count). The third-order valence-corrected chi connectivity index (χ3v) is 5.68. The van der Waals surface area contributed by atoms with Gasteiger partial charge >= 0.3 is 0 Å². The van der Waals surface area contributed by atoms with Crippen LogP contribution in [0.1, 0.15) is 37.7 Å². The van der Waals surface area contributed by atoms with Gasteiger partial charge in [0.25, 0.3) is 0 Å². The highest BCUT2D eigenvalue weighted by Gasteiger charge is 2.24. The molecule has 0 unspecified atom stereocenters. The van der Waals surface area contributed by atoms with Crippen LogP contribution in [0.4, 0.5) is 0 Å². The molecule has 5 nitrogen and oxygen atoms in total. The summed E-state index contributed by atoms with van der Waals surface area (Å²) in [5, 5.41) is 4.45. The molecule has 0 aliphatic heterocycles. The number of fused-ring (bicyclic) bond motifs is 2. The van der Waals surface area contributed by atoms with Crippen molar-refractivity contribution in [3.05, 3.63) is 66.1 Å². The van der Waals surface area contributed by atoms with Crippen LogP contribution >= 0.6 is 0 Å². The van der Waals surface area contributed by atoms with Gasteiger partial charge in [-0.3, -0.25) is 4.79 Å². The van der Waals surface area contributed by atoms with Crippen LogP contribution in [0, 0.1) is 5.92 Å². The maximum atomic E-state index is 12.8. The molecule has 5 heteroatoms. The summed E-state index contributed by atoms with van der Waals surface area (Å²) in [5.41, 5.74) is 4.45. The number of rotatable bonds is 6. The Bertz CT molecular complexity index is 1170. The van der Waals surface area contributed by atoms with Crippen LogP contribution in [0.5, 0.6) is 0 Å². The van der Waals surface area contributed by atoms with Crippen LogP contribution in [0.2, 0.25) is 0 Å². The molecule has 0 saturated heterocycles. The number of para-hydroxylation sites is 3. The zero-order chi connectivity index (χ0) is 20.5. The minimum Gasteiger partial charge on any atom is -0.350 e. The largest absolute Gasteiger partial charge is 0.350 e. The molecule has 1 N–H and O–H groups in total. The van der Waals surface area contributed by atoms with Crippen LogP contribution in [-0.4, -0.2) is 20.0 Å². The van der Waals surface area contributed by atoms with Crippen LogP contribution in [0.3, 0.4) is 0 Å². The number of imidazole rings is 1. The molecule has 0 aliphatic carbocycles. The number of hydrogen-bond acceptors (Lipinski definition) is 2. The van der Waals surface area contributed by atoms with Gasteiger partial charge in [-0.1, -0.05) is 44.2 Å². The first kappa shape index (κ1) is 19.2. The van der Waals surface area contributed by atoms with E-state index in [-0.39, 0.29) is 17.9 Å². The first-order valence-corrected chi connectivity index (χ1v) is 10.2. The SMILES string of the molecule is CC(C)[C@@H](NC(=O)CCc1cn(C)c2ccccc12)c1nc2ccccc2n1C. The van der Waals surface area contributed by atoms with Gasteiger partial charge in [0.15, 0.2) is 0 Å². The van der Waals surface area contributed by atoms with Crippen LogP contribution in [0.15, 0.2) is 54.7 Å². The second-order valence-electron chi connectivity index (χ2n) is 8.09. The predicted molar refractivity (Wildman–Crippen MR) is 118 cm³/mol. The number of aromatic nitrogens is 3. The van der Waals surface area contributed by atoms with Gasteiger partial charge in [0.05, 0.1) is 17.1 Å². The van der Waals surface area contributed by atoms with Crippen LogP contribution in [0.25, 0.3) is 21.9 Å². The fraction of sp³-hybridized carbons (Fsp3) is 0.333. The fourth-order valence-electron chi connectivity index (χ4n) is 4.09. The van der Waals surface area contributed by atoms with Gasteiger partial charge in [-0.2, -0.15) is 0 Å². The van der Waals surface area contributed by atoms with E-state index < -0.39 is 0 Å². The van der Waals surface area contributed by atoms with E-state index >= 15 is 0 Å². The van der Waals surface area contributed by atoms with Gasteiger partial charge in [0, 0.05) is 37.6 Å². The second-order valence-corrected chi connectivity index (χ2v) is 8.09. The monoisotopic (exact) mass is 388 g/mol. The molecule has 2 aromatic heterocycles. The minimum absolute atomic E-state index is 0.0590. The fourth-order valence-corrected chi connectivity index (χ4v) is 4.09. The van der Waals surface area contributed by atoms with Gasteiger partial charge in [-0.15, -0.1) is 0 Å². The Kier molecular flexibility index (Phi) is 5.14. The summed E-state index contributed by atoms with van der Waals surface area (Å²) in [6.07, 6.45) is 3.31. The van der Waals surface area contributed by atoms with Crippen molar-refractivity contribution in [3.63, 3.8) is 0 Å². The van der Waals surface area contributed by atoms with E-state index in [0.29, 0.717) is 6.42 Å². The maximum Gasteiger partial charge on any atom is 0.220 e. The number of hydrogen-bond donors (Lipinski definition) is 1. The number of carbonyl (C=O) groups excluding carboxylic acids is 1. The lowest BCUT2D eigenvalue weighted by Crippen LogP contribution is -2.33. The highest BCUT2D eigenvalue weighted by molar-refractivity contribution is 5.85. The molecule has 0 spiro atoms. The van der Waals surface area contributed by atoms with Crippen molar-refractivity contribution in [2.45, 2.75) is 32.7 Å². The smallest absolute Gasteiger partial charge is 0.220 e. The van der Waals surface area contributed by atoms with E-state index in [0.717, 1.165) is 23.3 Å². The quantitative estimate of drug-likeness (QED) is 0.528. The molecule has 4 aromatic rings. The molecule has 150 valence electrons. The van der Waals surface area contributed by atoms with Crippen LogP contribution < -0.4 is 5.32 Å². The number of benzene rings is 2. The minimum atomic E-state index is -0.118. The summed E-state index contributed by atoms with van der Waals surface area (Å²) < 4.78 is 4.21. The summed E-state index contributed by atoms with van der Waals surface area (Å²) in [6.45, 7) is 4.24. The first-order valence-electron chi connectivity index (χ1n) is 10.2. The van der Waals surface area contributed by atoms with Crippen molar-refractivity contribution in [1.29, 1.82) is 0 Å². The van der Waals surface area contributed by atoms with E-state index in [9.17, 15) is 4.79 Å². The van der Waals surface area contributed by atoms with Crippen molar-refractivity contribution in [1.82, 2.24) is 19.4 Å². The third-order valence-electron chi connectivity index (χ3n) is 5.68. The van der Waals surface area contributed by atoms with E-state index in [4.69, 9.17) is 4.98 Å². The predicted octanol–water partition coefficient (Wildman–Crippen LogP) is 4.51. The summed E-state index contributed by atoms with van der Waals surface area (Å²) in [6, 6.07) is 16.3. The number of aryl methyl sites for hydroxylation is 3. The van der Waals surface area contributed by atoms with Gasteiger partial charge in [0.2, 0.25) is 5.91 Å². The molecule has 0 bridgehead atoms. The van der Waals surface area contributed by atoms with Gasteiger partial charge < -0.3 is 14.5 Å². The van der Waals surface area contributed by atoms with Gasteiger partial charge in [-0.05, 0) is 36.1 Å². The van der Waals surface area contributed by atoms with Gasteiger partial charge in [0.1, 0.15) is 5.82 Å². The van der Waals surface area contributed by atoms with Gasteiger partial charge in [-0.25, -0.2) is 4.98 Å². The van der Waals surface area contributed by atoms with E-state index in [1.165, 1.54) is 16.5 Å². The van der Waals surface area contributed by atoms with Crippen molar-refractivity contribution >= 4 is 27.8 Å². The van der Waals surface area contributed by atoms with E-state index in [1.807, 2.05) is 44.4 Å². The molecule has 1 amide bonds. The van der Waals surface area contributed by atoms with Crippen molar-refractivity contribution in [3.8, 4) is 0 Å². The van der Waals surface area contributed by atoms with Crippen molar-refractivity contribution in [2.75, 3.05) is 0 Å². The lowest BCUT2D eigenvalue weighted by molar-refractivity contribution is -0.122. The molecule has 1 atom stereocenters. The second kappa shape index (κ2) is 7.74. The average molecular weight is 389 g/mol. The Morgan fingerprint density at radius 1 is 1.03 bits per heavy atom. The Labute approximate surface area is 171 Å². The number of nitrogens with zero attached hydrogens (tertiary/aromatic N) is 3. The topological polar surface area (TPSA) is 51.9 Å². The molecular formula is C24H28N4O. The zero-order valence-corrected chi connectivity index (χ0v) is 17.5. The summed E-state index contributed by atoms with van der Waals surface area (Å²) in [7, 11) is 4.06. The molecule has 0 fully saturated rings. The number of carbonyl (C=O) groups is 1. The summed E-state index contributed by atoms with van der Waals surface area (Å²) in [5.74, 6) is 1.20. The highest BCUT2D eigenvalue weighted by Crippen LogP contribution is 2.25. The lowest BCUT2D eigenvalue weighted by atomic mass is 10.0. The Morgan fingerprint density at radius 2 is 1.72 bits per heavy atom. The normalized spacial score (nSPS) is 12.7. The molecule has 2 heterocycles. The molecular weight excluding hydrogens is 360 g/mol.